The fraction of sp³-hybridized carbons (Fsp3) is 1.00. The molecule has 3 heteroatoms. The van der Waals surface area contributed by atoms with E-state index in [-0.39, 0.29) is 0 Å². The first kappa shape index (κ1) is 13.7. The third-order valence-electron chi connectivity index (χ3n) is 4.27. The standard InChI is InChI=1S/C14H28N2S/c1-11-8-15-13(14(2,3)4)9-16(11)12-6-5-7-17-10-12/h11-13,15H,5-10H2,1-4H3. The van der Waals surface area contributed by atoms with Crippen LogP contribution in [0.4, 0.5) is 0 Å². The van der Waals surface area contributed by atoms with Crippen molar-refractivity contribution in [2.75, 3.05) is 24.6 Å². The van der Waals surface area contributed by atoms with Crippen molar-refractivity contribution >= 4 is 11.8 Å². The average Bonchev–Trinajstić information content (AvgIpc) is 2.29. The maximum Gasteiger partial charge on any atom is 0.0244 e. The van der Waals surface area contributed by atoms with Gasteiger partial charge in [0.1, 0.15) is 0 Å². The van der Waals surface area contributed by atoms with Crippen LogP contribution in [0, 0.1) is 5.41 Å². The van der Waals surface area contributed by atoms with E-state index in [2.05, 4.69) is 49.7 Å². The molecule has 2 aliphatic rings. The van der Waals surface area contributed by atoms with Gasteiger partial charge in [0.15, 0.2) is 0 Å². The van der Waals surface area contributed by atoms with E-state index >= 15 is 0 Å². The van der Waals surface area contributed by atoms with Crippen LogP contribution in [-0.2, 0) is 0 Å². The largest absolute Gasteiger partial charge is 0.311 e. The van der Waals surface area contributed by atoms with Gasteiger partial charge in [0.25, 0.3) is 0 Å². The van der Waals surface area contributed by atoms with E-state index in [0.29, 0.717) is 17.5 Å². The van der Waals surface area contributed by atoms with Crippen molar-refractivity contribution in [2.24, 2.45) is 5.41 Å². The smallest absolute Gasteiger partial charge is 0.0244 e. The number of nitrogens with zero attached hydrogens (tertiary/aromatic N) is 1. The minimum atomic E-state index is 0.375. The molecule has 0 aromatic carbocycles. The summed E-state index contributed by atoms with van der Waals surface area (Å²) in [5, 5.41) is 3.73. The Kier molecular flexibility index (Phi) is 4.43. The van der Waals surface area contributed by atoms with Crippen LogP contribution in [0.1, 0.15) is 40.5 Å². The van der Waals surface area contributed by atoms with Gasteiger partial charge in [-0.25, -0.2) is 0 Å². The van der Waals surface area contributed by atoms with Crippen molar-refractivity contribution in [3.8, 4) is 0 Å². The molecule has 2 aliphatic heterocycles. The molecule has 0 radical (unpaired) electrons. The Morgan fingerprint density at radius 2 is 2.06 bits per heavy atom. The van der Waals surface area contributed by atoms with Gasteiger partial charge >= 0.3 is 0 Å². The molecule has 0 bridgehead atoms. The first-order valence-corrected chi connectivity index (χ1v) is 8.21. The third-order valence-corrected chi connectivity index (χ3v) is 5.47. The van der Waals surface area contributed by atoms with Gasteiger partial charge in [0, 0.05) is 37.0 Å². The lowest BCUT2D eigenvalue weighted by molar-refractivity contribution is 0.0607. The Hall–Kier alpha value is 0.270. The summed E-state index contributed by atoms with van der Waals surface area (Å²) in [5.41, 5.74) is 0.375. The van der Waals surface area contributed by atoms with E-state index in [9.17, 15) is 0 Å². The molecule has 0 aromatic heterocycles. The molecule has 100 valence electrons. The number of rotatable bonds is 1. The van der Waals surface area contributed by atoms with Gasteiger partial charge < -0.3 is 5.32 Å². The van der Waals surface area contributed by atoms with Crippen LogP contribution in [0.2, 0.25) is 0 Å². The maximum atomic E-state index is 3.73. The highest BCUT2D eigenvalue weighted by Gasteiger charge is 2.35. The van der Waals surface area contributed by atoms with Gasteiger partial charge in [-0.2, -0.15) is 11.8 Å². The van der Waals surface area contributed by atoms with E-state index in [1.54, 1.807) is 0 Å². The lowest BCUT2D eigenvalue weighted by Crippen LogP contribution is -2.62. The van der Waals surface area contributed by atoms with Gasteiger partial charge in [-0.15, -0.1) is 0 Å². The van der Waals surface area contributed by atoms with Crippen LogP contribution in [0.5, 0.6) is 0 Å². The van der Waals surface area contributed by atoms with Gasteiger partial charge in [-0.1, -0.05) is 20.8 Å². The fourth-order valence-corrected chi connectivity index (χ4v) is 4.13. The van der Waals surface area contributed by atoms with Crippen molar-refractivity contribution in [3.63, 3.8) is 0 Å². The summed E-state index contributed by atoms with van der Waals surface area (Å²) < 4.78 is 0. The van der Waals surface area contributed by atoms with Gasteiger partial charge in [0.2, 0.25) is 0 Å². The topological polar surface area (TPSA) is 15.3 Å². The zero-order valence-corrected chi connectivity index (χ0v) is 12.6. The molecule has 0 aliphatic carbocycles. The van der Waals surface area contributed by atoms with Gasteiger partial charge in [0.05, 0.1) is 0 Å². The second-order valence-corrected chi connectivity index (χ2v) is 7.89. The summed E-state index contributed by atoms with van der Waals surface area (Å²) in [5.74, 6) is 2.72. The predicted molar refractivity (Wildman–Crippen MR) is 77.8 cm³/mol. The molecule has 0 amide bonds. The summed E-state index contributed by atoms with van der Waals surface area (Å²) in [7, 11) is 0. The lowest BCUT2D eigenvalue weighted by Gasteiger charge is -2.48. The highest BCUT2D eigenvalue weighted by Crippen LogP contribution is 2.28. The minimum Gasteiger partial charge on any atom is -0.311 e. The molecule has 0 aromatic rings. The first-order chi connectivity index (χ1) is 7.98. The zero-order chi connectivity index (χ0) is 12.5. The molecule has 2 heterocycles. The molecular formula is C14H28N2S. The molecule has 0 saturated carbocycles. The van der Waals surface area contributed by atoms with Crippen molar-refractivity contribution in [1.29, 1.82) is 0 Å². The van der Waals surface area contributed by atoms with Crippen molar-refractivity contribution in [3.05, 3.63) is 0 Å². The van der Waals surface area contributed by atoms with Crippen molar-refractivity contribution < 1.29 is 0 Å². The van der Waals surface area contributed by atoms with Crippen LogP contribution >= 0.6 is 11.8 Å². The Morgan fingerprint density at radius 1 is 1.29 bits per heavy atom. The summed E-state index contributed by atoms with van der Waals surface area (Å²) in [6, 6.07) is 2.18. The summed E-state index contributed by atoms with van der Waals surface area (Å²) >= 11 is 2.15. The van der Waals surface area contributed by atoms with Crippen LogP contribution in [0.3, 0.4) is 0 Å². The molecule has 2 fully saturated rings. The van der Waals surface area contributed by atoms with Crippen LogP contribution < -0.4 is 5.32 Å². The van der Waals surface area contributed by atoms with Gasteiger partial charge in [-0.3, -0.25) is 4.90 Å². The minimum absolute atomic E-state index is 0.375. The number of thioether (sulfide) groups is 1. The third kappa shape index (κ3) is 3.39. The number of nitrogens with one attached hydrogen (secondary N) is 1. The molecule has 2 nitrogen and oxygen atoms in total. The van der Waals surface area contributed by atoms with E-state index in [0.717, 1.165) is 12.6 Å². The maximum absolute atomic E-state index is 3.73. The molecular weight excluding hydrogens is 228 g/mol. The highest BCUT2D eigenvalue weighted by atomic mass is 32.2. The predicted octanol–water partition coefficient (Wildman–Crippen LogP) is 2.59. The monoisotopic (exact) mass is 256 g/mol. The van der Waals surface area contributed by atoms with Crippen LogP contribution in [0.15, 0.2) is 0 Å². The van der Waals surface area contributed by atoms with Gasteiger partial charge in [-0.05, 0) is 30.9 Å². The Labute approximate surface area is 111 Å². The summed E-state index contributed by atoms with van der Waals surface area (Å²) in [6.45, 7) is 11.8. The van der Waals surface area contributed by atoms with Crippen LogP contribution in [-0.4, -0.2) is 47.6 Å². The molecule has 3 unspecified atom stereocenters. The molecule has 3 atom stereocenters. The number of hydrogen-bond donors (Lipinski definition) is 1. The second-order valence-electron chi connectivity index (χ2n) is 6.74. The van der Waals surface area contributed by atoms with Crippen molar-refractivity contribution in [1.82, 2.24) is 10.2 Å². The van der Waals surface area contributed by atoms with E-state index in [1.807, 2.05) is 0 Å². The summed E-state index contributed by atoms with van der Waals surface area (Å²) in [4.78, 5) is 2.78. The average molecular weight is 256 g/mol. The summed E-state index contributed by atoms with van der Waals surface area (Å²) in [6.07, 6.45) is 2.82. The van der Waals surface area contributed by atoms with Crippen LogP contribution in [0.25, 0.3) is 0 Å². The van der Waals surface area contributed by atoms with E-state index in [1.165, 1.54) is 30.9 Å². The zero-order valence-electron chi connectivity index (χ0n) is 11.8. The molecule has 1 N–H and O–H groups in total. The molecule has 2 rings (SSSR count). The molecule has 2 saturated heterocycles. The normalized spacial score (nSPS) is 37.1. The number of piperazine rings is 1. The molecule has 0 spiro atoms. The highest BCUT2D eigenvalue weighted by molar-refractivity contribution is 7.99. The molecule has 17 heavy (non-hydrogen) atoms. The Bertz CT molecular complexity index is 243. The quantitative estimate of drug-likeness (QED) is 0.776. The Morgan fingerprint density at radius 3 is 2.65 bits per heavy atom. The van der Waals surface area contributed by atoms with E-state index in [4.69, 9.17) is 0 Å². The second kappa shape index (κ2) is 5.50. The number of hydrogen-bond acceptors (Lipinski definition) is 3. The Balaban J connectivity index is 1.99. The lowest BCUT2D eigenvalue weighted by atomic mass is 9.84. The SMILES string of the molecule is CC1CNC(C(C)(C)C)CN1C1CCCSC1. The fourth-order valence-electron chi connectivity index (χ4n) is 2.96. The van der Waals surface area contributed by atoms with E-state index < -0.39 is 0 Å². The first-order valence-electron chi connectivity index (χ1n) is 7.05. The van der Waals surface area contributed by atoms with Crippen molar-refractivity contribution in [2.45, 2.75) is 58.7 Å².